The van der Waals surface area contributed by atoms with E-state index in [0.717, 1.165) is 0 Å². The van der Waals surface area contributed by atoms with Crippen molar-refractivity contribution in [3.8, 4) is 6.07 Å². The topological polar surface area (TPSA) is 23.8 Å². The summed E-state index contributed by atoms with van der Waals surface area (Å²) in [6.07, 6.45) is 0. The first-order valence-electron chi connectivity index (χ1n) is 3.95. The van der Waals surface area contributed by atoms with Gasteiger partial charge in [0.1, 0.15) is 5.82 Å². The predicted molar refractivity (Wildman–Crippen MR) is 52.9 cm³/mol. The van der Waals surface area contributed by atoms with Crippen molar-refractivity contribution in [2.24, 2.45) is 0 Å². The summed E-state index contributed by atoms with van der Waals surface area (Å²) in [6.45, 7) is 3.79. The van der Waals surface area contributed by atoms with E-state index in [1.807, 2.05) is 19.9 Å². The summed E-state index contributed by atoms with van der Waals surface area (Å²) < 4.78 is 13.8. The van der Waals surface area contributed by atoms with Crippen LogP contribution in [0.2, 0.25) is 0 Å². The average Bonchev–Trinajstić information content (AvgIpc) is 2.09. The third-order valence-electron chi connectivity index (χ3n) is 1.81. The Bertz CT molecular complexity index is 366. The molecule has 0 spiro atoms. The highest BCUT2D eigenvalue weighted by Crippen LogP contribution is 2.26. The fraction of sp³-hybridized carbons (Fsp3) is 0.300. The Hall–Kier alpha value is -0.880. The summed E-state index contributed by atoms with van der Waals surface area (Å²) in [4.78, 5) is 0. The van der Waals surface area contributed by atoms with Crippen molar-refractivity contribution in [1.82, 2.24) is 0 Å². The molecule has 0 amide bonds. The number of halogens is 2. The highest BCUT2D eigenvalue weighted by molar-refractivity contribution is 9.10. The van der Waals surface area contributed by atoms with E-state index in [2.05, 4.69) is 15.9 Å². The number of nitrogens with zero attached hydrogens (tertiary/aromatic N) is 1. The highest BCUT2D eigenvalue weighted by atomic mass is 79.9. The molecule has 0 aliphatic carbocycles. The van der Waals surface area contributed by atoms with Crippen LogP contribution in [0, 0.1) is 17.1 Å². The average molecular weight is 242 g/mol. The van der Waals surface area contributed by atoms with Gasteiger partial charge >= 0.3 is 0 Å². The van der Waals surface area contributed by atoms with Gasteiger partial charge in [0.2, 0.25) is 0 Å². The third kappa shape index (κ3) is 2.07. The predicted octanol–water partition coefficient (Wildman–Crippen LogP) is 3.58. The largest absolute Gasteiger partial charge is 0.205 e. The molecule has 13 heavy (non-hydrogen) atoms. The molecule has 0 saturated carbocycles. The monoisotopic (exact) mass is 241 g/mol. The summed E-state index contributed by atoms with van der Waals surface area (Å²) in [7, 11) is 0. The van der Waals surface area contributed by atoms with Gasteiger partial charge in [0.25, 0.3) is 0 Å². The second kappa shape index (κ2) is 3.89. The van der Waals surface area contributed by atoms with E-state index in [0.29, 0.717) is 15.6 Å². The van der Waals surface area contributed by atoms with Gasteiger partial charge < -0.3 is 0 Å². The van der Waals surface area contributed by atoms with E-state index in [4.69, 9.17) is 5.26 Å². The summed E-state index contributed by atoms with van der Waals surface area (Å²) in [5.41, 5.74) is 1.06. The molecule has 1 nitrogen and oxygen atoms in total. The summed E-state index contributed by atoms with van der Waals surface area (Å²) in [5, 5.41) is 8.67. The molecule has 3 heteroatoms. The first-order valence-corrected chi connectivity index (χ1v) is 4.74. The first kappa shape index (κ1) is 10.2. The summed E-state index contributed by atoms with van der Waals surface area (Å²) >= 11 is 3.08. The molecule has 0 radical (unpaired) electrons. The van der Waals surface area contributed by atoms with Crippen LogP contribution in [0.1, 0.15) is 30.9 Å². The van der Waals surface area contributed by atoms with Crippen LogP contribution in [0.3, 0.4) is 0 Å². The van der Waals surface area contributed by atoms with Gasteiger partial charge in [0, 0.05) is 0 Å². The van der Waals surface area contributed by atoms with Crippen molar-refractivity contribution in [2.45, 2.75) is 19.8 Å². The van der Waals surface area contributed by atoms with Gasteiger partial charge in [0.05, 0.1) is 16.1 Å². The Morgan fingerprint density at radius 1 is 1.46 bits per heavy atom. The van der Waals surface area contributed by atoms with E-state index in [-0.39, 0.29) is 11.7 Å². The molecule has 0 N–H and O–H groups in total. The minimum Gasteiger partial charge on any atom is -0.205 e. The molecule has 1 aromatic rings. The maximum absolute atomic E-state index is 13.4. The maximum Gasteiger partial charge on any atom is 0.140 e. The zero-order valence-electron chi connectivity index (χ0n) is 7.44. The molecule has 0 unspecified atom stereocenters. The fourth-order valence-corrected chi connectivity index (χ4v) is 1.57. The Kier molecular flexibility index (Phi) is 3.05. The number of nitriles is 1. The van der Waals surface area contributed by atoms with E-state index >= 15 is 0 Å². The van der Waals surface area contributed by atoms with Gasteiger partial charge in [-0.3, -0.25) is 0 Å². The van der Waals surface area contributed by atoms with E-state index in [1.54, 1.807) is 6.07 Å². The van der Waals surface area contributed by atoms with Crippen molar-refractivity contribution in [3.63, 3.8) is 0 Å². The Morgan fingerprint density at radius 3 is 2.54 bits per heavy atom. The Morgan fingerprint density at radius 2 is 2.08 bits per heavy atom. The normalized spacial score (nSPS) is 10.2. The molecule has 0 atom stereocenters. The minimum atomic E-state index is -0.269. The van der Waals surface area contributed by atoms with Gasteiger partial charge in [-0.25, -0.2) is 4.39 Å². The number of rotatable bonds is 1. The molecule has 0 fully saturated rings. The van der Waals surface area contributed by atoms with Crippen LogP contribution in [0.25, 0.3) is 0 Å². The van der Waals surface area contributed by atoms with Crippen molar-refractivity contribution in [1.29, 1.82) is 5.26 Å². The van der Waals surface area contributed by atoms with Gasteiger partial charge in [0.15, 0.2) is 0 Å². The van der Waals surface area contributed by atoms with Crippen molar-refractivity contribution in [3.05, 3.63) is 33.5 Å². The third-order valence-corrected chi connectivity index (χ3v) is 2.38. The van der Waals surface area contributed by atoms with Crippen LogP contribution >= 0.6 is 15.9 Å². The van der Waals surface area contributed by atoms with Crippen molar-refractivity contribution >= 4 is 15.9 Å². The first-order chi connectivity index (χ1) is 6.06. The molecule has 1 aromatic carbocycles. The molecule has 0 heterocycles. The van der Waals surface area contributed by atoms with Gasteiger partial charge in [-0.05, 0) is 39.5 Å². The second-order valence-electron chi connectivity index (χ2n) is 3.13. The molecule has 68 valence electrons. The molecule has 0 aliphatic rings. The van der Waals surface area contributed by atoms with Gasteiger partial charge in [-0.15, -0.1) is 0 Å². The smallest absolute Gasteiger partial charge is 0.140 e. The quantitative estimate of drug-likeness (QED) is 0.738. The lowest BCUT2D eigenvalue weighted by atomic mass is 10.0. The summed E-state index contributed by atoms with van der Waals surface area (Å²) in [6, 6.07) is 5.07. The van der Waals surface area contributed by atoms with Crippen LogP contribution < -0.4 is 0 Å². The van der Waals surface area contributed by atoms with E-state index in [9.17, 15) is 4.39 Å². The van der Waals surface area contributed by atoms with Crippen LogP contribution in [0.15, 0.2) is 16.6 Å². The Labute approximate surface area is 85.3 Å². The standard InChI is InChI=1S/C10H9BrFN/c1-6(2)8-3-7(5-13)4-9(11)10(8)12/h3-4,6H,1-2H3. The van der Waals surface area contributed by atoms with Crippen molar-refractivity contribution < 1.29 is 4.39 Å². The lowest BCUT2D eigenvalue weighted by Crippen LogP contribution is -1.95. The van der Waals surface area contributed by atoms with Crippen LogP contribution in [0.4, 0.5) is 4.39 Å². The van der Waals surface area contributed by atoms with E-state index < -0.39 is 0 Å². The zero-order chi connectivity index (χ0) is 10.0. The molecule has 0 bridgehead atoms. The van der Waals surface area contributed by atoms with Crippen LogP contribution in [-0.2, 0) is 0 Å². The molecular weight excluding hydrogens is 233 g/mol. The fourth-order valence-electron chi connectivity index (χ4n) is 1.09. The highest BCUT2D eigenvalue weighted by Gasteiger charge is 2.11. The maximum atomic E-state index is 13.4. The zero-order valence-corrected chi connectivity index (χ0v) is 9.02. The number of benzene rings is 1. The molecule has 0 aromatic heterocycles. The van der Waals surface area contributed by atoms with Gasteiger partial charge in [-0.2, -0.15) is 5.26 Å². The molecule has 0 saturated heterocycles. The van der Waals surface area contributed by atoms with Crippen LogP contribution in [-0.4, -0.2) is 0 Å². The van der Waals surface area contributed by atoms with Gasteiger partial charge in [-0.1, -0.05) is 13.8 Å². The number of hydrogen-bond donors (Lipinski definition) is 0. The summed E-state index contributed by atoms with van der Waals surface area (Å²) in [5.74, 6) is -0.182. The SMILES string of the molecule is CC(C)c1cc(C#N)cc(Br)c1F. The molecule has 0 aliphatic heterocycles. The molecule has 1 rings (SSSR count). The van der Waals surface area contributed by atoms with E-state index in [1.165, 1.54) is 6.07 Å². The Balaban J connectivity index is 3.35. The van der Waals surface area contributed by atoms with Crippen molar-refractivity contribution in [2.75, 3.05) is 0 Å². The minimum absolute atomic E-state index is 0.0876. The van der Waals surface area contributed by atoms with Crippen LogP contribution in [0.5, 0.6) is 0 Å². The second-order valence-corrected chi connectivity index (χ2v) is 3.98. The molecular formula is C10H9BrFN. The lowest BCUT2D eigenvalue weighted by Gasteiger charge is -2.08. The lowest BCUT2D eigenvalue weighted by molar-refractivity contribution is 0.591. The number of hydrogen-bond acceptors (Lipinski definition) is 1.